The minimum absolute atomic E-state index is 0.345. The maximum atomic E-state index is 5.84. The molecule has 0 atom stereocenters. The molecule has 1 fully saturated rings. The predicted molar refractivity (Wildman–Crippen MR) is 57.4 cm³/mol. The van der Waals surface area contributed by atoms with E-state index in [1.807, 2.05) is 0 Å². The van der Waals surface area contributed by atoms with E-state index in [1.54, 1.807) is 5.56 Å². The Balaban J connectivity index is 1.96. The lowest BCUT2D eigenvalue weighted by Gasteiger charge is -2.10. The van der Waals surface area contributed by atoms with E-state index in [1.165, 1.54) is 49.9 Å². The van der Waals surface area contributed by atoms with Crippen molar-refractivity contribution in [2.45, 2.75) is 43.9 Å². The maximum absolute atomic E-state index is 5.84. The number of aryl methyl sites for hydroxylation is 2. The highest BCUT2D eigenvalue weighted by Crippen LogP contribution is 2.47. The summed E-state index contributed by atoms with van der Waals surface area (Å²) in [5.41, 5.74) is 10.7. The summed E-state index contributed by atoms with van der Waals surface area (Å²) in [5, 5.41) is 0. The highest BCUT2D eigenvalue weighted by Gasteiger charge is 2.44. The Morgan fingerprint density at radius 3 is 2.71 bits per heavy atom. The number of nitrogens with two attached hydrogens (primary N) is 1. The van der Waals surface area contributed by atoms with Gasteiger partial charge in [-0.1, -0.05) is 0 Å². The predicted octanol–water partition coefficient (Wildman–Crippen LogP) is 1.88. The number of hydrogen-bond acceptors (Lipinski definition) is 1. The van der Waals surface area contributed by atoms with Gasteiger partial charge in [0, 0.05) is 23.3 Å². The zero-order chi connectivity index (χ0) is 9.60. The van der Waals surface area contributed by atoms with Crippen LogP contribution < -0.4 is 5.73 Å². The average Bonchev–Trinajstić information content (AvgIpc) is 2.91. The molecule has 1 aromatic rings. The van der Waals surface area contributed by atoms with E-state index < -0.39 is 0 Å². The molecule has 76 valence electrons. The molecule has 0 radical (unpaired) electrons. The Hall–Kier alpha value is -0.760. The van der Waals surface area contributed by atoms with Gasteiger partial charge in [0.15, 0.2) is 0 Å². The summed E-state index contributed by atoms with van der Waals surface area (Å²) in [7, 11) is 0. The normalized spacial score (nSPS) is 23.2. The summed E-state index contributed by atoms with van der Waals surface area (Å²) in [6.45, 7) is 0.812. The number of rotatable bonds is 2. The van der Waals surface area contributed by atoms with E-state index >= 15 is 0 Å². The average molecular weight is 190 g/mol. The van der Waals surface area contributed by atoms with Crippen molar-refractivity contribution in [3.8, 4) is 0 Å². The van der Waals surface area contributed by atoms with Gasteiger partial charge in [0.1, 0.15) is 0 Å². The molecular weight excluding hydrogens is 172 g/mol. The zero-order valence-electron chi connectivity index (χ0n) is 8.60. The van der Waals surface area contributed by atoms with Gasteiger partial charge in [0.05, 0.1) is 0 Å². The molecule has 3 N–H and O–H groups in total. The molecule has 0 aromatic carbocycles. The smallest absolute Gasteiger partial charge is 0.0227 e. The summed E-state index contributed by atoms with van der Waals surface area (Å²) in [5.74, 6) is 0. The lowest BCUT2D eigenvalue weighted by atomic mass is 9.97. The number of aromatic nitrogens is 1. The fourth-order valence-corrected chi connectivity index (χ4v) is 2.62. The standard InChI is InChI=1S/C12H18N2/c13-8-12(5-6-12)11-7-9-3-1-2-4-10(9)14-11/h7,14H,1-6,8,13H2. The number of H-pyrrole nitrogens is 1. The van der Waals surface area contributed by atoms with Gasteiger partial charge in [-0.2, -0.15) is 0 Å². The van der Waals surface area contributed by atoms with Gasteiger partial charge in [-0.25, -0.2) is 0 Å². The first-order chi connectivity index (χ1) is 6.84. The van der Waals surface area contributed by atoms with Crippen molar-refractivity contribution in [3.63, 3.8) is 0 Å². The van der Waals surface area contributed by atoms with Crippen LogP contribution in [0.2, 0.25) is 0 Å². The van der Waals surface area contributed by atoms with Crippen LogP contribution in [0.25, 0.3) is 0 Å². The largest absolute Gasteiger partial charge is 0.362 e. The number of nitrogens with one attached hydrogen (secondary N) is 1. The Morgan fingerprint density at radius 2 is 2.07 bits per heavy atom. The van der Waals surface area contributed by atoms with E-state index in [0.29, 0.717) is 5.41 Å². The van der Waals surface area contributed by atoms with Crippen molar-refractivity contribution >= 4 is 0 Å². The number of fused-ring (bicyclic) bond motifs is 1. The van der Waals surface area contributed by atoms with Gasteiger partial charge in [-0.05, 0) is 50.2 Å². The Kier molecular flexibility index (Phi) is 1.75. The summed E-state index contributed by atoms with van der Waals surface area (Å²) in [4.78, 5) is 3.61. The van der Waals surface area contributed by atoms with E-state index in [-0.39, 0.29) is 0 Å². The minimum Gasteiger partial charge on any atom is -0.362 e. The van der Waals surface area contributed by atoms with Crippen LogP contribution in [0.4, 0.5) is 0 Å². The van der Waals surface area contributed by atoms with Gasteiger partial charge in [0.2, 0.25) is 0 Å². The van der Waals surface area contributed by atoms with Gasteiger partial charge < -0.3 is 10.7 Å². The number of aromatic amines is 1. The van der Waals surface area contributed by atoms with Gasteiger partial charge in [-0.3, -0.25) is 0 Å². The molecule has 1 aromatic heterocycles. The Labute approximate surface area is 84.9 Å². The summed E-state index contributed by atoms with van der Waals surface area (Å²) in [6, 6.07) is 2.38. The topological polar surface area (TPSA) is 41.8 Å². The fraction of sp³-hybridized carbons (Fsp3) is 0.667. The molecule has 1 saturated carbocycles. The van der Waals surface area contributed by atoms with Crippen molar-refractivity contribution in [1.29, 1.82) is 0 Å². The van der Waals surface area contributed by atoms with Crippen molar-refractivity contribution < 1.29 is 0 Å². The molecule has 2 aliphatic carbocycles. The lowest BCUT2D eigenvalue weighted by Crippen LogP contribution is -2.20. The molecule has 2 nitrogen and oxygen atoms in total. The van der Waals surface area contributed by atoms with E-state index in [9.17, 15) is 0 Å². The summed E-state index contributed by atoms with van der Waals surface area (Å²) in [6.07, 6.45) is 7.79. The Morgan fingerprint density at radius 1 is 1.29 bits per heavy atom. The number of hydrogen-bond donors (Lipinski definition) is 2. The highest BCUT2D eigenvalue weighted by molar-refractivity contribution is 5.35. The van der Waals surface area contributed by atoms with Crippen LogP contribution in [-0.4, -0.2) is 11.5 Å². The molecule has 0 spiro atoms. The lowest BCUT2D eigenvalue weighted by molar-refractivity contribution is 0.663. The second-order valence-electron chi connectivity index (χ2n) is 4.88. The van der Waals surface area contributed by atoms with E-state index in [4.69, 9.17) is 5.73 Å². The van der Waals surface area contributed by atoms with Crippen LogP contribution in [-0.2, 0) is 18.3 Å². The van der Waals surface area contributed by atoms with Crippen molar-refractivity contribution in [2.75, 3.05) is 6.54 Å². The first-order valence-electron chi connectivity index (χ1n) is 5.75. The van der Waals surface area contributed by atoms with E-state index in [2.05, 4.69) is 11.1 Å². The third kappa shape index (κ3) is 1.13. The molecule has 14 heavy (non-hydrogen) atoms. The molecule has 2 heteroatoms. The van der Waals surface area contributed by atoms with Crippen molar-refractivity contribution in [3.05, 3.63) is 23.0 Å². The zero-order valence-corrected chi connectivity index (χ0v) is 8.60. The van der Waals surface area contributed by atoms with Crippen LogP contribution in [0.3, 0.4) is 0 Å². The molecular formula is C12H18N2. The monoisotopic (exact) mass is 190 g/mol. The molecule has 1 heterocycles. The minimum atomic E-state index is 0.345. The Bertz CT molecular complexity index is 324. The molecule has 0 aliphatic heterocycles. The van der Waals surface area contributed by atoms with Crippen LogP contribution in [0, 0.1) is 0 Å². The van der Waals surface area contributed by atoms with Gasteiger partial charge >= 0.3 is 0 Å². The molecule has 2 aliphatic rings. The van der Waals surface area contributed by atoms with Crippen LogP contribution in [0.1, 0.15) is 42.6 Å². The van der Waals surface area contributed by atoms with Crippen LogP contribution in [0.5, 0.6) is 0 Å². The second-order valence-corrected chi connectivity index (χ2v) is 4.88. The molecule has 0 unspecified atom stereocenters. The van der Waals surface area contributed by atoms with Crippen molar-refractivity contribution in [2.24, 2.45) is 5.73 Å². The molecule has 0 saturated heterocycles. The summed E-state index contributed by atoms with van der Waals surface area (Å²) < 4.78 is 0. The molecule has 0 amide bonds. The van der Waals surface area contributed by atoms with E-state index in [0.717, 1.165) is 6.54 Å². The van der Waals surface area contributed by atoms with Crippen molar-refractivity contribution in [1.82, 2.24) is 4.98 Å². The van der Waals surface area contributed by atoms with Gasteiger partial charge in [0.25, 0.3) is 0 Å². The third-order valence-corrected chi connectivity index (χ3v) is 3.93. The second kappa shape index (κ2) is 2.86. The fourth-order valence-electron chi connectivity index (χ4n) is 2.62. The molecule has 0 bridgehead atoms. The molecule has 3 rings (SSSR count). The highest BCUT2D eigenvalue weighted by atomic mass is 14.8. The first-order valence-corrected chi connectivity index (χ1v) is 5.75. The summed E-state index contributed by atoms with van der Waals surface area (Å²) >= 11 is 0. The van der Waals surface area contributed by atoms with Crippen LogP contribution >= 0.6 is 0 Å². The SMILES string of the molecule is NCC1(c2cc3c([nH]2)CCCC3)CC1. The van der Waals surface area contributed by atoms with Crippen LogP contribution in [0.15, 0.2) is 6.07 Å². The third-order valence-electron chi connectivity index (χ3n) is 3.93. The maximum Gasteiger partial charge on any atom is 0.0227 e. The quantitative estimate of drug-likeness (QED) is 0.734. The first kappa shape index (κ1) is 8.54. The van der Waals surface area contributed by atoms with Gasteiger partial charge in [-0.15, -0.1) is 0 Å².